The smallest absolute Gasteiger partial charge is 0.237 e. The summed E-state index contributed by atoms with van der Waals surface area (Å²) < 4.78 is 0. The molecule has 0 unspecified atom stereocenters. The third-order valence-electron chi connectivity index (χ3n) is 2.83. The van der Waals surface area contributed by atoms with E-state index in [1.54, 1.807) is 17.2 Å². The Morgan fingerprint density at radius 1 is 1.30 bits per heavy atom. The van der Waals surface area contributed by atoms with Crippen LogP contribution < -0.4 is 16.4 Å². The Balaban J connectivity index is 2.29. The third kappa shape index (κ3) is 3.44. The molecule has 1 aromatic carbocycles. The number of aryl methyl sites for hydroxylation is 1. The molecule has 4 N–H and O–H groups in total. The number of nitrogen functional groups attached to an aromatic ring is 1. The molecule has 1 heterocycles. The number of carbonyl (C=O) groups excluding carboxylic acids is 1. The second-order valence-electron chi connectivity index (χ2n) is 4.52. The fraction of sp³-hybridized carbons (Fsp3) is 0.214. The van der Waals surface area contributed by atoms with Crippen LogP contribution in [0.4, 0.5) is 11.6 Å². The first-order chi connectivity index (χ1) is 9.56. The molecule has 1 amide bonds. The van der Waals surface area contributed by atoms with Gasteiger partial charge in [-0.25, -0.2) is 9.97 Å². The van der Waals surface area contributed by atoms with Crippen molar-refractivity contribution in [2.24, 2.45) is 5.73 Å². The van der Waals surface area contributed by atoms with Gasteiger partial charge < -0.3 is 16.4 Å². The van der Waals surface area contributed by atoms with E-state index < -0.39 is 5.91 Å². The van der Waals surface area contributed by atoms with Gasteiger partial charge in [0.15, 0.2) is 0 Å². The maximum absolute atomic E-state index is 11.2. The maximum Gasteiger partial charge on any atom is 0.237 e. The Kier molecular flexibility index (Phi) is 4.14. The van der Waals surface area contributed by atoms with Crippen molar-refractivity contribution in [3.8, 4) is 0 Å². The molecule has 104 valence electrons. The second kappa shape index (κ2) is 6.01. The number of hydrogen-bond donors (Lipinski definition) is 2. The van der Waals surface area contributed by atoms with Crippen molar-refractivity contribution >= 4 is 17.5 Å². The van der Waals surface area contributed by atoms with Crippen molar-refractivity contribution in [1.29, 1.82) is 0 Å². The van der Waals surface area contributed by atoms with Crippen molar-refractivity contribution in [3.63, 3.8) is 0 Å². The van der Waals surface area contributed by atoms with Crippen molar-refractivity contribution in [1.82, 2.24) is 9.97 Å². The standard InChI is InChI=1S/C14H17N5O/c1-10-6-7-17-14(18-10)19(9-13(16)20)8-11-4-2-3-5-12(11)15/h2-7H,8-9,15H2,1H3,(H2,16,20). The topological polar surface area (TPSA) is 98.1 Å². The first-order valence-corrected chi connectivity index (χ1v) is 6.22. The molecule has 0 saturated heterocycles. The number of para-hydroxylation sites is 1. The lowest BCUT2D eigenvalue weighted by molar-refractivity contribution is -0.116. The van der Waals surface area contributed by atoms with Gasteiger partial charge in [-0.3, -0.25) is 4.79 Å². The fourth-order valence-electron chi connectivity index (χ4n) is 1.86. The molecule has 0 aliphatic heterocycles. The Morgan fingerprint density at radius 3 is 2.70 bits per heavy atom. The number of amides is 1. The number of aromatic nitrogens is 2. The minimum Gasteiger partial charge on any atom is -0.398 e. The lowest BCUT2D eigenvalue weighted by Crippen LogP contribution is -2.34. The van der Waals surface area contributed by atoms with Gasteiger partial charge in [0.2, 0.25) is 11.9 Å². The van der Waals surface area contributed by atoms with Crippen LogP contribution in [0.15, 0.2) is 36.5 Å². The molecule has 0 bridgehead atoms. The lowest BCUT2D eigenvalue weighted by atomic mass is 10.1. The van der Waals surface area contributed by atoms with E-state index in [4.69, 9.17) is 11.5 Å². The van der Waals surface area contributed by atoms with Crippen LogP contribution in [0, 0.1) is 6.92 Å². The number of benzene rings is 1. The van der Waals surface area contributed by atoms with Crippen molar-refractivity contribution in [2.45, 2.75) is 13.5 Å². The van der Waals surface area contributed by atoms with Crippen LogP contribution in [0.5, 0.6) is 0 Å². The van der Waals surface area contributed by atoms with E-state index in [9.17, 15) is 4.79 Å². The summed E-state index contributed by atoms with van der Waals surface area (Å²) in [6, 6.07) is 9.27. The van der Waals surface area contributed by atoms with Gasteiger partial charge in [0.1, 0.15) is 0 Å². The highest BCUT2D eigenvalue weighted by atomic mass is 16.1. The van der Waals surface area contributed by atoms with E-state index in [1.807, 2.05) is 31.2 Å². The van der Waals surface area contributed by atoms with Crippen LogP contribution in [-0.2, 0) is 11.3 Å². The van der Waals surface area contributed by atoms with Gasteiger partial charge in [-0.05, 0) is 24.6 Å². The summed E-state index contributed by atoms with van der Waals surface area (Å²) in [6.07, 6.45) is 1.65. The summed E-state index contributed by atoms with van der Waals surface area (Å²) in [5.41, 5.74) is 13.6. The maximum atomic E-state index is 11.2. The number of carbonyl (C=O) groups is 1. The Morgan fingerprint density at radius 2 is 2.05 bits per heavy atom. The molecule has 0 radical (unpaired) electrons. The largest absolute Gasteiger partial charge is 0.398 e. The van der Waals surface area contributed by atoms with E-state index in [-0.39, 0.29) is 6.54 Å². The highest BCUT2D eigenvalue weighted by molar-refractivity contribution is 5.79. The van der Waals surface area contributed by atoms with E-state index in [0.29, 0.717) is 18.2 Å². The van der Waals surface area contributed by atoms with E-state index in [1.165, 1.54) is 0 Å². The summed E-state index contributed by atoms with van der Waals surface area (Å²) >= 11 is 0. The van der Waals surface area contributed by atoms with Crippen molar-refractivity contribution in [2.75, 3.05) is 17.2 Å². The lowest BCUT2D eigenvalue weighted by Gasteiger charge is -2.22. The van der Waals surface area contributed by atoms with Gasteiger partial charge in [0.25, 0.3) is 0 Å². The molecular formula is C14H17N5O. The molecule has 20 heavy (non-hydrogen) atoms. The number of anilines is 2. The van der Waals surface area contributed by atoms with Gasteiger partial charge in [0, 0.05) is 24.1 Å². The monoisotopic (exact) mass is 271 g/mol. The minimum atomic E-state index is -0.440. The van der Waals surface area contributed by atoms with E-state index >= 15 is 0 Å². The third-order valence-corrected chi connectivity index (χ3v) is 2.83. The Labute approximate surface area is 117 Å². The molecule has 2 aromatic rings. The van der Waals surface area contributed by atoms with Gasteiger partial charge in [-0.15, -0.1) is 0 Å². The predicted octanol–water partition coefficient (Wildman–Crippen LogP) is 0.859. The van der Waals surface area contributed by atoms with Crippen molar-refractivity contribution < 1.29 is 4.79 Å². The van der Waals surface area contributed by atoms with Crippen LogP contribution in [-0.4, -0.2) is 22.4 Å². The zero-order chi connectivity index (χ0) is 14.5. The molecule has 0 aliphatic rings. The first-order valence-electron chi connectivity index (χ1n) is 6.22. The number of nitrogens with zero attached hydrogens (tertiary/aromatic N) is 3. The quantitative estimate of drug-likeness (QED) is 0.786. The van der Waals surface area contributed by atoms with Crippen LogP contribution in [0.2, 0.25) is 0 Å². The minimum absolute atomic E-state index is 0.0395. The fourth-order valence-corrected chi connectivity index (χ4v) is 1.86. The molecule has 1 aromatic heterocycles. The molecule has 0 atom stereocenters. The van der Waals surface area contributed by atoms with Crippen LogP contribution in [0.25, 0.3) is 0 Å². The van der Waals surface area contributed by atoms with Gasteiger partial charge in [-0.1, -0.05) is 18.2 Å². The summed E-state index contributed by atoms with van der Waals surface area (Å²) in [7, 11) is 0. The average Bonchev–Trinajstić information content (AvgIpc) is 2.40. The SMILES string of the molecule is Cc1ccnc(N(CC(N)=O)Cc2ccccc2N)n1. The molecular weight excluding hydrogens is 254 g/mol. The number of primary amides is 1. The summed E-state index contributed by atoms with van der Waals surface area (Å²) in [5, 5.41) is 0. The summed E-state index contributed by atoms with van der Waals surface area (Å²) in [5.74, 6) is 0.0247. The predicted molar refractivity (Wildman–Crippen MR) is 77.9 cm³/mol. The number of nitrogens with two attached hydrogens (primary N) is 2. The van der Waals surface area contributed by atoms with Crippen molar-refractivity contribution in [3.05, 3.63) is 47.8 Å². The molecule has 0 fully saturated rings. The first kappa shape index (κ1) is 13.8. The molecule has 6 nitrogen and oxygen atoms in total. The molecule has 0 aliphatic carbocycles. The molecule has 6 heteroatoms. The molecule has 0 saturated carbocycles. The number of hydrogen-bond acceptors (Lipinski definition) is 5. The Hall–Kier alpha value is -2.63. The van der Waals surface area contributed by atoms with E-state index in [2.05, 4.69) is 9.97 Å². The Bertz CT molecular complexity index is 614. The van der Waals surface area contributed by atoms with Crippen LogP contribution in [0.1, 0.15) is 11.3 Å². The van der Waals surface area contributed by atoms with Gasteiger partial charge in [0.05, 0.1) is 6.54 Å². The zero-order valence-corrected chi connectivity index (χ0v) is 11.3. The summed E-state index contributed by atoms with van der Waals surface area (Å²) in [4.78, 5) is 21.4. The highest BCUT2D eigenvalue weighted by Crippen LogP contribution is 2.16. The highest BCUT2D eigenvalue weighted by Gasteiger charge is 2.14. The van der Waals surface area contributed by atoms with Gasteiger partial charge >= 0.3 is 0 Å². The number of rotatable bonds is 5. The summed E-state index contributed by atoms with van der Waals surface area (Å²) in [6.45, 7) is 2.33. The second-order valence-corrected chi connectivity index (χ2v) is 4.52. The normalized spacial score (nSPS) is 10.2. The molecule has 2 rings (SSSR count). The van der Waals surface area contributed by atoms with E-state index in [0.717, 1.165) is 11.3 Å². The van der Waals surface area contributed by atoms with Crippen LogP contribution >= 0.6 is 0 Å². The van der Waals surface area contributed by atoms with Crippen LogP contribution in [0.3, 0.4) is 0 Å². The molecule has 0 spiro atoms. The average molecular weight is 271 g/mol. The zero-order valence-electron chi connectivity index (χ0n) is 11.3. The van der Waals surface area contributed by atoms with Gasteiger partial charge in [-0.2, -0.15) is 0 Å².